The molecule has 1 N–H and O–H groups in total. The van der Waals surface area contributed by atoms with Crippen LogP contribution in [0.15, 0.2) is 47.0 Å². The van der Waals surface area contributed by atoms with Crippen LogP contribution in [0, 0.1) is 12.7 Å². The monoisotopic (exact) mass is 449 g/mol. The van der Waals surface area contributed by atoms with Gasteiger partial charge in [0.25, 0.3) is 5.91 Å². The number of fused-ring (bicyclic) bond motifs is 1. The van der Waals surface area contributed by atoms with Gasteiger partial charge in [-0.25, -0.2) is 9.37 Å². The molecule has 2 aliphatic rings. The topological polar surface area (TPSA) is 102 Å². The fourth-order valence-corrected chi connectivity index (χ4v) is 4.08. The molecule has 2 aromatic carbocycles. The number of carbonyl (C=O) groups excluding carboxylic acids is 3. The second kappa shape index (κ2) is 8.16. The van der Waals surface area contributed by atoms with Crippen molar-refractivity contribution in [3.05, 3.63) is 70.9 Å². The Bertz CT molecular complexity index is 1270. The number of carbonyl (C=O) groups is 3. The number of amides is 3. The van der Waals surface area contributed by atoms with Crippen LogP contribution in [0.1, 0.15) is 40.1 Å². The van der Waals surface area contributed by atoms with Crippen LogP contribution in [0.3, 0.4) is 0 Å². The molecule has 3 amide bonds. The third kappa shape index (κ3) is 3.97. The van der Waals surface area contributed by atoms with Gasteiger partial charge in [0.15, 0.2) is 5.76 Å². The first-order valence-electron chi connectivity index (χ1n) is 10.5. The molecule has 0 aliphatic carbocycles. The molecule has 2 aliphatic heterocycles. The van der Waals surface area contributed by atoms with Gasteiger partial charge in [0.2, 0.25) is 17.7 Å². The fourth-order valence-electron chi connectivity index (χ4n) is 4.08. The minimum absolute atomic E-state index is 0.0125. The van der Waals surface area contributed by atoms with Crippen molar-refractivity contribution >= 4 is 17.7 Å². The third-order valence-electron chi connectivity index (χ3n) is 5.80. The van der Waals surface area contributed by atoms with Crippen LogP contribution < -0.4 is 10.1 Å². The number of halogens is 1. The van der Waals surface area contributed by atoms with E-state index >= 15 is 0 Å². The maximum Gasteiger partial charge on any atom is 0.255 e. The van der Waals surface area contributed by atoms with Crippen molar-refractivity contribution in [1.29, 1.82) is 0 Å². The molecule has 0 saturated carbocycles. The van der Waals surface area contributed by atoms with E-state index in [0.717, 1.165) is 17.2 Å². The Morgan fingerprint density at radius 1 is 1.21 bits per heavy atom. The Morgan fingerprint density at radius 3 is 2.76 bits per heavy atom. The van der Waals surface area contributed by atoms with E-state index in [1.807, 2.05) is 31.2 Å². The van der Waals surface area contributed by atoms with Crippen LogP contribution in [0.2, 0.25) is 0 Å². The first kappa shape index (κ1) is 20.9. The van der Waals surface area contributed by atoms with Crippen LogP contribution in [-0.4, -0.2) is 33.6 Å². The third-order valence-corrected chi connectivity index (χ3v) is 5.80. The summed E-state index contributed by atoms with van der Waals surface area (Å²) in [6.45, 7) is 2.06. The Kier molecular flexibility index (Phi) is 5.16. The normalized spacial score (nSPS) is 17.8. The number of aromatic nitrogens is 1. The van der Waals surface area contributed by atoms with Crippen LogP contribution in [-0.2, 0) is 22.7 Å². The molecule has 8 nitrogen and oxygen atoms in total. The summed E-state index contributed by atoms with van der Waals surface area (Å²) >= 11 is 0. The summed E-state index contributed by atoms with van der Waals surface area (Å²) in [5.74, 6) is -0.910. The lowest BCUT2D eigenvalue weighted by Gasteiger charge is -2.29. The lowest BCUT2D eigenvalue weighted by molar-refractivity contribution is -0.136. The van der Waals surface area contributed by atoms with Crippen molar-refractivity contribution < 1.29 is 27.9 Å². The van der Waals surface area contributed by atoms with Crippen molar-refractivity contribution in [2.24, 2.45) is 0 Å². The molecule has 0 radical (unpaired) electrons. The van der Waals surface area contributed by atoms with Gasteiger partial charge in [-0.1, -0.05) is 17.7 Å². The van der Waals surface area contributed by atoms with Crippen molar-refractivity contribution in [3.8, 4) is 17.2 Å². The van der Waals surface area contributed by atoms with Gasteiger partial charge in [0.05, 0.1) is 18.3 Å². The van der Waals surface area contributed by atoms with E-state index in [1.165, 1.54) is 17.2 Å². The highest BCUT2D eigenvalue weighted by Gasteiger charge is 2.40. The van der Waals surface area contributed by atoms with Crippen molar-refractivity contribution in [1.82, 2.24) is 15.2 Å². The zero-order valence-corrected chi connectivity index (χ0v) is 17.8. The quantitative estimate of drug-likeness (QED) is 0.601. The number of benzene rings is 2. The van der Waals surface area contributed by atoms with E-state index in [4.69, 9.17) is 9.15 Å². The molecule has 33 heavy (non-hydrogen) atoms. The van der Waals surface area contributed by atoms with Gasteiger partial charge in [-0.05, 0) is 31.5 Å². The van der Waals surface area contributed by atoms with E-state index in [-0.39, 0.29) is 43.2 Å². The van der Waals surface area contributed by atoms with Crippen molar-refractivity contribution in [2.75, 3.05) is 0 Å². The summed E-state index contributed by atoms with van der Waals surface area (Å²) in [6.07, 6.45) is 1.90. The van der Waals surface area contributed by atoms with Crippen molar-refractivity contribution in [3.63, 3.8) is 0 Å². The Balaban J connectivity index is 1.34. The zero-order chi connectivity index (χ0) is 23.1. The number of nitrogens with zero attached hydrogens (tertiary/aromatic N) is 2. The molecule has 1 fully saturated rings. The summed E-state index contributed by atoms with van der Waals surface area (Å²) < 4.78 is 25.8. The zero-order valence-electron chi connectivity index (χ0n) is 17.8. The smallest absolute Gasteiger partial charge is 0.255 e. The fraction of sp³-hybridized carbons (Fsp3) is 0.250. The highest BCUT2D eigenvalue weighted by molar-refractivity contribution is 6.05. The lowest BCUT2D eigenvalue weighted by atomic mass is 10.0. The van der Waals surface area contributed by atoms with E-state index in [1.54, 1.807) is 0 Å². The number of hydrogen-bond donors (Lipinski definition) is 1. The first-order valence-corrected chi connectivity index (χ1v) is 10.5. The van der Waals surface area contributed by atoms with Gasteiger partial charge in [0.1, 0.15) is 24.2 Å². The summed E-state index contributed by atoms with van der Waals surface area (Å²) in [7, 11) is 0. The molecule has 3 aromatic rings. The second-order valence-electron chi connectivity index (χ2n) is 8.12. The summed E-state index contributed by atoms with van der Waals surface area (Å²) in [5.41, 5.74) is 2.58. The molecule has 3 heterocycles. The van der Waals surface area contributed by atoms with Gasteiger partial charge >= 0.3 is 0 Å². The molecule has 1 atom stereocenters. The Labute approximate surface area is 188 Å². The molecule has 168 valence electrons. The van der Waals surface area contributed by atoms with E-state index in [2.05, 4.69) is 10.3 Å². The number of hydrogen-bond acceptors (Lipinski definition) is 6. The molecule has 1 saturated heterocycles. The van der Waals surface area contributed by atoms with Gasteiger partial charge < -0.3 is 14.1 Å². The Hall–Kier alpha value is -4.01. The number of nitrogens with one attached hydrogen (secondary N) is 1. The molecule has 9 heteroatoms. The van der Waals surface area contributed by atoms with E-state index in [0.29, 0.717) is 17.2 Å². The molecular formula is C24H20FN3O5. The maximum atomic E-state index is 14.3. The molecule has 5 rings (SSSR count). The largest absolute Gasteiger partial charge is 0.485 e. The van der Waals surface area contributed by atoms with E-state index < -0.39 is 23.7 Å². The summed E-state index contributed by atoms with van der Waals surface area (Å²) in [4.78, 5) is 42.2. The average molecular weight is 449 g/mol. The SMILES string of the molecule is Cc1ccc(-c2ncc(COc3cc(F)cc4c3CN(C3CCC(=O)NC3=O)C4=O)o2)cc1. The number of imide groups is 1. The molecule has 0 spiro atoms. The highest BCUT2D eigenvalue weighted by Crippen LogP contribution is 2.35. The van der Waals surface area contributed by atoms with Crippen LogP contribution in [0.5, 0.6) is 5.75 Å². The van der Waals surface area contributed by atoms with E-state index in [9.17, 15) is 18.8 Å². The molecular weight excluding hydrogens is 429 g/mol. The van der Waals surface area contributed by atoms with Crippen LogP contribution >= 0.6 is 0 Å². The predicted molar refractivity (Wildman–Crippen MR) is 113 cm³/mol. The van der Waals surface area contributed by atoms with Crippen molar-refractivity contribution in [2.45, 2.75) is 39.0 Å². The van der Waals surface area contributed by atoms with Crippen LogP contribution in [0.4, 0.5) is 4.39 Å². The highest BCUT2D eigenvalue weighted by atomic mass is 19.1. The Morgan fingerprint density at radius 2 is 2.00 bits per heavy atom. The number of piperidine rings is 1. The van der Waals surface area contributed by atoms with Gasteiger partial charge in [-0.3, -0.25) is 19.7 Å². The minimum Gasteiger partial charge on any atom is -0.485 e. The second-order valence-corrected chi connectivity index (χ2v) is 8.12. The summed E-state index contributed by atoms with van der Waals surface area (Å²) in [6, 6.07) is 9.27. The van der Waals surface area contributed by atoms with Gasteiger partial charge in [0, 0.05) is 23.6 Å². The first-order chi connectivity index (χ1) is 15.9. The molecule has 1 aromatic heterocycles. The van der Waals surface area contributed by atoms with Gasteiger partial charge in [-0.15, -0.1) is 0 Å². The van der Waals surface area contributed by atoms with Crippen LogP contribution in [0.25, 0.3) is 11.5 Å². The standard InChI is InChI=1S/C24H20FN3O5/c1-13-2-4-14(5-3-13)23-26-10-16(33-23)12-32-20-9-15(25)8-17-18(20)11-28(24(17)31)19-6-7-21(29)27-22(19)30/h2-5,8-10,19H,6-7,11-12H2,1H3,(H,27,29,30). The summed E-state index contributed by atoms with van der Waals surface area (Å²) in [5, 5.41) is 2.25. The number of oxazole rings is 1. The minimum atomic E-state index is -0.787. The lowest BCUT2D eigenvalue weighted by Crippen LogP contribution is -2.52. The predicted octanol–water partition coefficient (Wildman–Crippen LogP) is 3.13. The number of rotatable bonds is 5. The van der Waals surface area contributed by atoms with Gasteiger partial charge in [-0.2, -0.15) is 0 Å². The number of aryl methyl sites for hydroxylation is 1. The number of ether oxygens (including phenoxy) is 1. The molecule has 1 unspecified atom stereocenters. The average Bonchev–Trinajstić information content (AvgIpc) is 3.38. The maximum absolute atomic E-state index is 14.3. The molecule has 0 bridgehead atoms.